The summed E-state index contributed by atoms with van der Waals surface area (Å²) in [6.45, 7) is 0. The van der Waals surface area contributed by atoms with E-state index >= 15 is 0 Å². The Bertz CT molecular complexity index is 147. The molecule has 0 fully saturated rings. The van der Waals surface area contributed by atoms with Crippen LogP contribution in [0.25, 0.3) is 0 Å². The predicted molar refractivity (Wildman–Crippen MR) is 27.1 cm³/mol. The van der Waals surface area contributed by atoms with E-state index in [-0.39, 0.29) is 5.49 Å². The van der Waals surface area contributed by atoms with Crippen molar-refractivity contribution < 1.29 is 1.37 Å². The maximum atomic E-state index is 6.84. The Morgan fingerprint density at radius 3 is 3.17 bits per heavy atom. The second-order valence-electron chi connectivity index (χ2n) is 0.762. The molecule has 1 nitrogen and oxygen atoms in total. The van der Waals surface area contributed by atoms with Crippen molar-refractivity contribution in [1.29, 1.82) is 0 Å². The molecule has 0 spiro atoms. The molecule has 0 aromatic carbocycles. The lowest BCUT2D eigenvalue weighted by Gasteiger charge is -1.61. The molecule has 0 radical (unpaired) electrons. The largest absolute Gasteiger partial charge is 0.233 e. The first-order chi connectivity index (χ1) is 3.29. The fourth-order valence-electron chi connectivity index (χ4n) is 0.171. The Morgan fingerprint density at radius 1 is 2.17 bits per heavy atom. The summed E-state index contributed by atoms with van der Waals surface area (Å²) in [6.07, 6.45) is 0. The monoisotopic (exact) mass is 120 g/mol. The zero-order valence-corrected chi connectivity index (χ0v) is 4.38. The van der Waals surface area contributed by atoms with Crippen LogP contribution in [0.3, 0.4) is 0 Å². The number of nitrogens with zero attached hydrogens (tertiary/aromatic N) is 1. The van der Waals surface area contributed by atoms with Crippen molar-refractivity contribution in [3.63, 3.8) is 0 Å². The summed E-state index contributed by atoms with van der Waals surface area (Å²) in [7, 11) is 0. The van der Waals surface area contributed by atoms with Gasteiger partial charge in [0, 0.05) is 5.38 Å². The Balaban J connectivity index is 3.04. The van der Waals surface area contributed by atoms with Crippen molar-refractivity contribution in [2.45, 2.75) is 0 Å². The third-order valence-electron chi connectivity index (χ3n) is 0.361. The molecule has 0 unspecified atom stereocenters. The maximum Gasteiger partial charge on any atom is 0.139 e. The number of aromatic nitrogens is 1. The number of hydrogen-bond donors (Lipinski definition) is 0. The van der Waals surface area contributed by atoms with Crippen molar-refractivity contribution in [1.82, 2.24) is 4.98 Å². The molecule has 0 aliphatic carbocycles. The van der Waals surface area contributed by atoms with Crippen LogP contribution in [-0.4, -0.2) is 4.98 Å². The molecule has 1 aromatic heterocycles. The van der Waals surface area contributed by atoms with Gasteiger partial charge in [0.1, 0.15) is 5.15 Å². The van der Waals surface area contributed by atoms with Gasteiger partial charge >= 0.3 is 0 Å². The lowest BCUT2D eigenvalue weighted by atomic mass is 11.0. The van der Waals surface area contributed by atoms with Crippen molar-refractivity contribution in [3.8, 4) is 0 Å². The van der Waals surface area contributed by atoms with E-state index in [1.807, 2.05) is 0 Å². The zero-order chi connectivity index (χ0) is 5.28. The van der Waals surface area contributed by atoms with Crippen LogP contribution in [-0.2, 0) is 0 Å². The van der Waals surface area contributed by atoms with Crippen molar-refractivity contribution in [3.05, 3.63) is 16.0 Å². The first kappa shape index (κ1) is 2.99. The molecule has 3 heteroatoms. The molecule has 0 aliphatic rings. The molecular weight excluding hydrogens is 118 g/mol. The number of rotatable bonds is 0. The third-order valence-corrected chi connectivity index (χ3v) is 1.22. The van der Waals surface area contributed by atoms with Gasteiger partial charge in [0.2, 0.25) is 0 Å². The van der Waals surface area contributed by atoms with E-state index in [1.54, 1.807) is 5.38 Å². The minimum Gasteiger partial charge on any atom is -0.233 e. The Hall–Kier alpha value is -0.0800. The molecule has 0 atom stereocenters. The molecule has 6 heavy (non-hydrogen) atoms. The van der Waals surface area contributed by atoms with E-state index in [9.17, 15) is 0 Å². The molecule has 0 N–H and O–H groups in total. The van der Waals surface area contributed by atoms with E-state index in [4.69, 9.17) is 13.0 Å². The maximum absolute atomic E-state index is 6.84. The van der Waals surface area contributed by atoms with Gasteiger partial charge in [0.25, 0.3) is 0 Å². The van der Waals surface area contributed by atoms with Gasteiger partial charge in [-0.25, -0.2) is 4.98 Å². The molecule has 0 saturated heterocycles. The minimum absolute atomic E-state index is 0.269. The average molecular weight is 121 g/mol. The highest BCUT2D eigenvalue weighted by Gasteiger charge is 1.79. The van der Waals surface area contributed by atoms with Gasteiger partial charge in [-0.1, -0.05) is 11.6 Å². The lowest BCUT2D eigenvalue weighted by Crippen LogP contribution is -1.49. The molecular formula is C3H2ClNS. The van der Waals surface area contributed by atoms with Gasteiger partial charge in [-0.05, 0) is 0 Å². The van der Waals surface area contributed by atoms with E-state index in [1.165, 1.54) is 11.3 Å². The molecule has 0 bridgehead atoms. The van der Waals surface area contributed by atoms with Gasteiger partial charge in [-0.15, -0.1) is 11.3 Å². The highest BCUT2D eigenvalue weighted by atomic mass is 35.5. The topological polar surface area (TPSA) is 12.9 Å². The molecule has 0 amide bonds. The first-order valence-electron chi connectivity index (χ1n) is 1.86. The first-order valence-corrected chi connectivity index (χ1v) is 2.62. The Labute approximate surface area is 46.0 Å². The normalized spacial score (nSPS) is 11.2. The van der Waals surface area contributed by atoms with Crippen LogP contribution >= 0.6 is 22.9 Å². The predicted octanol–water partition coefficient (Wildman–Crippen LogP) is 1.80. The summed E-state index contributed by atoms with van der Waals surface area (Å²) < 4.78 is 6.84. The van der Waals surface area contributed by atoms with Crippen molar-refractivity contribution in [2.24, 2.45) is 0 Å². The Kier molecular flexibility index (Phi) is 0.787. The smallest absolute Gasteiger partial charge is 0.139 e. The second kappa shape index (κ2) is 1.58. The van der Waals surface area contributed by atoms with Gasteiger partial charge in [-0.3, -0.25) is 0 Å². The number of thiazole rings is 1. The van der Waals surface area contributed by atoms with E-state index in [0.29, 0.717) is 5.15 Å². The van der Waals surface area contributed by atoms with Crippen LogP contribution in [0.15, 0.2) is 10.9 Å². The molecule has 0 aliphatic heterocycles. The SMILES string of the molecule is [2H]c1nc(Cl)cs1. The standard InChI is InChI=1S/C3H2ClNS/c4-3-1-6-2-5-3/h1-2H/i2D. The Morgan fingerprint density at radius 2 is 3.00 bits per heavy atom. The van der Waals surface area contributed by atoms with E-state index in [2.05, 4.69) is 4.98 Å². The molecule has 1 aromatic rings. The molecule has 1 heterocycles. The molecule has 32 valence electrons. The van der Waals surface area contributed by atoms with Crippen LogP contribution in [0.4, 0.5) is 0 Å². The van der Waals surface area contributed by atoms with Crippen LogP contribution in [0, 0.1) is 0 Å². The number of halogens is 1. The van der Waals surface area contributed by atoms with Crippen LogP contribution in [0.1, 0.15) is 1.37 Å². The lowest BCUT2D eigenvalue weighted by molar-refractivity contribution is 1.42. The van der Waals surface area contributed by atoms with Gasteiger partial charge in [-0.2, -0.15) is 0 Å². The summed E-state index contributed by atoms with van der Waals surface area (Å²) in [5.41, 5.74) is 0.269. The second-order valence-corrected chi connectivity index (χ2v) is 1.80. The molecule has 0 saturated carbocycles. The van der Waals surface area contributed by atoms with E-state index < -0.39 is 0 Å². The summed E-state index contributed by atoms with van der Waals surface area (Å²) in [4.78, 5) is 3.56. The fraction of sp³-hybridized carbons (Fsp3) is 0. The third kappa shape index (κ3) is 0.698. The van der Waals surface area contributed by atoms with E-state index in [0.717, 1.165) is 0 Å². The number of hydrogen-bond acceptors (Lipinski definition) is 2. The summed E-state index contributed by atoms with van der Waals surface area (Å²) in [5.74, 6) is 0. The van der Waals surface area contributed by atoms with Gasteiger partial charge in [0.05, 0.1) is 6.86 Å². The van der Waals surface area contributed by atoms with Crippen LogP contribution in [0.2, 0.25) is 5.15 Å². The minimum atomic E-state index is 0.269. The van der Waals surface area contributed by atoms with Crippen LogP contribution < -0.4 is 0 Å². The summed E-state index contributed by atoms with van der Waals surface area (Å²) in [5, 5.41) is 2.04. The quantitative estimate of drug-likeness (QED) is 0.509. The highest BCUT2D eigenvalue weighted by Crippen LogP contribution is 2.05. The van der Waals surface area contributed by atoms with Crippen LogP contribution in [0.5, 0.6) is 0 Å². The zero-order valence-electron chi connectivity index (χ0n) is 3.81. The van der Waals surface area contributed by atoms with Gasteiger partial charge in [0.15, 0.2) is 0 Å². The average Bonchev–Trinajstić information content (AvgIpc) is 1.87. The molecule has 1 rings (SSSR count). The van der Waals surface area contributed by atoms with Crippen molar-refractivity contribution >= 4 is 22.9 Å². The van der Waals surface area contributed by atoms with Gasteiger partial charge < -0.3 is 0 Å². The van der Waals surface area contributed by atoms with Crippen molar-refractivity contribution in [2.75, 3.05) is 0 Å². The summed E-state index contributed by atoms with van der Waals surface area (Å²) in [6, 6.07) is 0. The fourth-order valence-corrected chi connectivity index (χ4v) is 0.751. The highest BCUT2D eigenvalue weighted by molar-refractivity contribution is 7.08. The summed E-state index contributed by atoms with van der Waals surface area (Å²) >= 11 is 6.57.